The van der Waals surface area contributed by atoms with Crippen molar-refractivity contribution in [2.24, 2.45) is 10.9 Å². The molecule has 0 atom stereocenters. The van der Waals surface area contributed by atoms with E-state index < -0.39 is 0 Å². The van der Waals surface area contributed by atoms with E-state index in [4.69, 9.17) is 9.53 Å². The Hall–Kier alpha value is -2.42. The molecule has 0 unspecified atom stereocenters. The maximum Gasteiger partial charge on any atom is 0.119 e. The molecule has 2 aromatic carbocycles. The lowest BCUT2D eigenvalue weighted by atomic mass is 9.86. The van der Waals surface area contributed by atoms with Crippen LogP contribution in [-0.2, 0) is 4.79 Å². The average molecular weight is 337 g/mol. The largest absolute Gasteiger partial charge is 0.490 e. The van der Waals surface area contributed by atoms with Gasteiger partial charge in [0.1, 0.15) is 12.5 Å². The third-order valence-corrected chi connectivity index (χ3v) is 4.91. The fraction of sp³-hybridized carbons (Fsp3) is 0.364. The second-order valence-electron chi connectivity index (χ2n) is 6.40. The van der Waals surface area contributed by atoms with Gasteiger partial charge in [0.2, 0.25) is 0 Å². The van der Waals surface area contributed by atoms with Crippen LogP contribution in [0, 0.1) is 5.92 Å². The van der Waals surface area contributed by atoms with Crippen molar-refractivity contribution in [3.63, 3.8) is 0 Å². The molecular weight excluding hydrogens is 310 g/mol. The van der Waals surface area contributed by atoms with Gasteiger partial charge in [-0.3, -0.25) is 4.99 Å². The summed E-state index contributed by atoms with van der Waals surface area (Å²) >= 11 is 0. The van der Waals surface area contributed by atoms with E-state index in [0.717, 1.165) is 17.4 Å². The van der Waals surface area contributed by atoms with Crippen LogP contribution in [0.4, 0.5) is 5.69 Å². The number of carbonyl (C=O) groups excluding carboxylic acids is 1. The van der Waals surface area contributed by atoms with Crippen molar-refractivity contribution in [1.82, 2.24) is 0 Å². The Kier molecular flexibility index (Phi) is 7.39. The van der Waals surface area contributed by atoms with Gasteiger partial charge >= 0.3 is 0 Å². The van der Waals surface area contributed by atoms with E-state index >= 15 is 0 Å². The Morgan fingerprint density at radius 1 is 0.920 bits per heavy atom. The second kappa shape index (κ2) is 9.77. The standard InChI is InChI=1S/C21H25NO.CH2O/c1-3-16-4-12-20(13-5-16)23-21-14-8-18(9-15-21)17-6-10-19(22-2)11-7-17;1-2/h6-11,14-16,20H,2-5,12-13H2,1H3;1H2. The van der Waals surface area contributed by atoms with E-state index in [9.17, 15) is 0 Å². The number of hydrogen-bond acceptors (Lipinski definition) is 3. The summed E-state index contributed by atoms with van der Waals surface area (Å²) in [5, 5.41) is 0. The lowest BCUT2D eigenvalue weighted by molar-refractivity contribution is -0.0979. The van der Waals surface area contributed by atoms with Gasteiger partial charge in [-0.25, -0.2) is 0 Å². The van der Waals surface area contributed by atoms with E-state index in [1.165, 1.54) is 43.2 Å². The molecule has 3 rings (SSSR count). The Bertz CT molecular complexity index is 641. The molecule has 0 aromatic heterocycles. The van der Waals surface area contributed by atoms with Gasteiger partial charge in [-0.1, -0.05) is 37.6 Å². The van der Waals surface area contributed by atoms with Crippen molar-refractivity contribution in [1.29, 1.82) is 0 Å². The van der Waals surface area contributed by atoms with Crippen LogP contribution >= 0.6 is 0 Å². The highest BCUT2D eigenvalue weighted by Gasteiger charge is 2.21. The molecule has 3 heteroatoms. The van der Waals surface area contributed by atoms with Crippen molar-refractivity contribution < 1.29 is 9.53 Å². The Morgan fingerprint density at radius 2 is 1.44 bits per heavy atom. The minimum absolute atomic E-state index is 0.390. The number of ether oxygens (including phenoxy) is 1. The van der Waals surface area contributed by atoms with Crippen LogP contribution in [0.5, 0.6) is 5.75 Å². The summed E-state index contributed by atoms with van der Waals surface area (Å²) < 4.78 is 6.15. The quantitative estimate of drug-likeness (QED) is 0.642. The van der Waals surface area contributed by atoms with Crippen LogP contribution in [-0.4, -0.2) is 19.6 Å². The number of benzene rings is 2. The van der Waals surface area contributed by atoms with E-state index in [2.05, 4.69) is 55.0 Å². The number of hydrogen-bond donors (Lipinski definition) is 0. The van der Waals surface area contributed by atoms with Crippen molar-refractivity contribution >= 4 is 19.2 Å². The minimum atomic E-state index is 0.390. The fourth-order valence-corrected chi connectivity index (χ4v) is 3.34. The first kappa shape index (κ1) is 18.9. The third kappa shape index (κ3) is 5.28. The average Bonchev–Trinajstić information content (AvgIpc) is 2.71. The molecule has 0 spiro atoms. The molecule has 25 heavy (non-hydrogen) atoms. The van der Waals surface area contributed by atoms with Crippen molar-refractivity contribution in [2.75, 3.05) is 0 Å². The molecule has 0 heterocycles. The molecule has 3 nitrogen and oxygen atoms in total. The molecule has 0 N–H and O–H groups in total. The van der Waals surface area contributed by atoms with Crippen LogP contribution in [0.25, 0.3) is 11.1 Å². The lowest BCUT2D eigenvalue weighted by Crippen LogP contribution is -2.23. The van der Waals surface area contributed by atoms with E-state index in [1.54, 1.807) is 0 Å². The summed E-state index contributed by atoms with van der Waals surface area (Å²) in [6.45, 7) is 7.84. The zero-order chi connectivity index (χ0) is 18.1. The number of aliphatic imine (C=N–C) groups is 1. The molecule has 0 aliphatic heterocycles. The zero-order valence-corrected chi connectivity index (χ0v) is 15.0. The molecular formula is C22H27NO2. The number of nitrogens with zero attached hydrogens (tertiary/aromatic N) is 1. The summed E-state index contributed by atoms with van der Waals surface area (Å²) in [7, 11) is 0. The number of carbonyl (C=O) groups is 1. The highest BCUT2D eigenvalue weighted by molar-refractivity contribution is 5.66. The van der Waals surface area contributed by atoms with E-state index in [1.807, 2.05) is 18.9 Å². The van der Waals surface area contributed by atoms with Gasteiger partial charge in [0.25, 0.3) is 0 Å². The summed E-state index contributed by atoms with van der Waals surface area (Å²) in [5.74, 6) is 1.89. The lowest BCUT2D eigenvalue weighted by Gasteiger charge is -2.28. The number of rotatable bonds is 5. The maximum atomic E-state index is 8.00. The molecule has 1 fully saturated rings. The smallest absolute Gasteiger partial charge is 0.119 e. The second-order valence-corrected chi connectivity index (χ2v) is 6.40. The van der Waals surface area contributed by atoms with Crippen LogP contribution in [0.2, 0.25) is 0 Å². The van der Waals surface area contributed by atoms with E-state index in [0.29, 0.717) is 6.10 Å². The monoisotopic (exact) mass is 337 g/mol. The Morgan fingerprint density at radius 3 is 1.92 bits per heavy atom. The molecule has 1 saturated carbocycles. The molecule has 0 bridgehead atoms. The summed E-state index contributed by atoms with van der Waals surface area (Å²) in [5.41, 5.74) is 3.28. The van der Waals surface area contributed by atoms with Crippen molar-refractivity contribution in [2.45, 2.75) is 45.1 Å². The van der Waals surface area contributed by atoms with Crippen molar-refractivity contribution in [3.8, 4) is 16.9 Å². The molecule has 0 saturated heterocycles. The predicted molar refractivity (Wildman–Crippen MR) is 105 cm³/mol. The zero-order valence-electron chi connectivity index (χ0n) is 15.0. The van der Waals surface area contributed by atoms with Gasteiger partial charge in [0, 0.05) is 0 Å². The van der Waals surface area contributed by atoms with E-state index in [-0.39, 0.29) is 0 Å². The van der Waals surface area contributed by atoms with Crippen LogP contribution in [0.15, 0.2) is 53.5 Å². The third-order valence-electron chi connectivity index (χ3n) is 4.91. The molecule has 132 valence electrons. The minimum Gasteiger partial charge on any atom is -0.490 e. The van der Waals surface area contributed by atoms with Crippen LogP contribution in [0.1, 0.15) is 39.0 Å². The Labute approximate surface area is 150 Å². The summed E-state index contributed by atoms with van der Waals surface area (Å²) in [4.78, 5) is 11.9. The van der Waals surface area contributed by atoms with Crippen LogP contribution in [0.3, 0.4) is 0 Å². The Balaban J connectivity index is 0.00000109. The van der Waals surface area contributed by atoms with Gasteiger partial charge in [0.05, 0.1) is 11.8 Å². The summed E-state index contributed by atoms with van der Waals surface area (Å²) in [6.07, 6.45) is 6.70. The first-order valence-corrected chi connectivity index (χ1v) is 8.91. The van der Waals surface area contributed by atoms with Crippen molar-refractivity contribution in [3.05, 3.63) is 48.5 Å². The highest BCUT2D eigenvalue weighted by atomic mass is 16.5. The first-order valence-electron chi connectivity index (χ1n) is 8.91. The highest BCUT2D eigenvalue weighted by Crippen LogP contribution is 2.30. The van der Waals surface area contributed by atoms with Gasteiger partial charge in [-0.15, -0.1) is 0 Å². The summed E-state index contributed by atoms with van der Waals surface area (Å²) in [6, 6.07) is 16.5. The molecule has 0 radical (unpaired) electrons. The molecule has 0 amide bonds. The topological polar surface area (TPSA) is 38.7 Å². The predicted octanol–water partition coefficient (Wildman–Crippen LogP) is 5.85. The maximum absolute atomic E-state index is 8.00. The fourth-order valence-electron chi connectivity index (χ4n) is 3.34. The van der Waals surface area contributed by atoms with Gasteiger partial charge in [0.15, 0.2) is 0 Å². The van der Waals surface area contributed by atoms with Gasteiger partial charge in [-0.05, 0) is 73.7 Å². The first-order chi connectivity index (χ1) is 12.3. The van der Waals surface area contributed by atoms with Gasteiger partial charge in [-0.2, -0.15) is 0 Å². The normalized spacial score (nSPS) is 19.4. The molecule has 1 aliphatic carbocycles. The van der Waals surface area contributed by atoms with Crippen LogP contribution < -0.4 is 4.74 Å². The van der Waals surface area contributed by atoms with Gasteiger partial charge < -0.3 is 9.53 Å². The molecule has 2 aromatic rings. The SMILES string of the molecule is C=Nc1ccc(-c2ccc(OC3CCC(CC)CC3)cc2)cc1.C=O. The molecule has 1 aliphatic rings.